The Balaban J connectivity index is 2.90. The normalized spacial score (nSPS) is 12.2. The first-order chi connectivity index (χ1) is 7.29. The summed E-state index contributed by atoms with van der Waals surface area (Å²) in [4.78, 5) is 0. The first-order valence-electron chi connectivity index (χ1n) is 5.82. The molecule has 0 aliphatic rings. The molecule has 0 bridgehead atoms. The Bertz CT molecular complexity index is 350. The first kappa shape index (κ1) is 13.7. The van der Waals surface area contributed by atoms with E-state index in [1.54, 1.807) is 0 Å². The lowest BCUT2D eigenvalue weighted by Crippen LogP contribution is -2.22. The van der Waals surface area contributed by atoms with Gasteiger partial charge in [0.15, 0.2) is 0 Å². The van der Waals surface area contributed by atoms with E-state index in [4.69, 9.17) is 0 Å². The van der Waals surface area contributed by atoms with Crippen LogP contribution in [0.5, 0.6) is 0 Å². The van der Waals surface area contributed by atoms with Crippen LogP contribution in [0.3, 0.4) is 0 Å². The number of rotatable bonds is 3. The van der Waals surface area contributed by atoms with Crippen LogP contribution in [0.4, 0.5) is 0 Å². The van der Waals surface area contributed by atoms with Gasteiger partial charge >= 0.3 is 0 Å². The molecule has 1 aromatic rings. The van der Waals surface area contributed by atoms with Gasteiger partial charge in [-0.05, 0) is 28.7 Å². The Labute approximate surface area is 108 Å². The van der Waals surface area contributed by atoms with E-state index in [-0.39, 0.29) is 5.41 Å². The molecule has 0 aromatic heterocycles. The Hall–Kier alpha value is -0.340. The Morgan fingerprint density at radius 2 is 1.81 bits per heavy atom. The van der Waals surface area contributed by atoms with Gasteiger partial charge in [0.1, 0.15) is 0 Å². The largest absolute Gasteiger partial charge is 0.310 e. The summed E-state index contributed by atoms with van der Waals surface area (Å²) in [6, 6.07) is 7.21. The summed E-state index contributed by atoms with van der Waals surface area (Å²) in [5, 5.41) is 3.45. The topological polar surface area (TPSA) is 12.0 Å². The second kappa shape index (κ2) is 5.33. The fraction of sp³-hybridized carbons (Fsp3) is 0.571. The molecule has 0 spiro atoms. The quantitative estimate of drug-likeness (QED) is 0.875. The number of hydrogen-bond acceptors (Lipinski definition) is 1. The molecule has 0 atom stereocenters. The zero-order valence-corrected chi connectivity index (χ0v) is 12.5. The number of hydrogen-bond donors (Lipinski definition) is 1. The predicted octanol–water partition coefficient (Wildman–Crippen LogP) is 4.24. The highest BCUT2D eigenvalue weighted by atomic mass is 79.9. The van der Waals surface area contributed by atoms with E-state index >= 15 is 0 Å². The highest BCUT2D eigenvalue weighted by molar-refractivity contribution is 9.10. The molecule has 0 radical (unpaired) electrons. The van der Waals surface area contributed by atoms with Gasteiger partial charge in [-0.1, -0.05) is 56.6 Å². The van der Waals surface area contributed by atoms with Gasteiger partial charge in [-0.2, -0.15) is 0 Å². The minimum absolute atomic E-state index is 0.205. The summed E-state index contributed by atoms with van der Waals surface area (Å²) in [5.41, 5.74) is 2.92. The van der Waals surface area contributed by atoms with Crippen molar-refractivity contribution in [2.24, 2.45) is 0 Å². The second-order valence-corrected chi connectivity index (χ2v) is 6.55. The maximum absolute atomic E-state index is 3.58. The van der Waals surface area contributed by atoms with Crippen LogP contribution in [0.25, 0.3) is 0 Å². The molecule has 0 saturated heterocycles. The molecule has 1 N–H and O–H groups in total. The lowest BCUT2D eigenvalue weighted by atomic mass is 9.86. The van der Waals surface area contributed by atoms with Crippen molar-refractivity contribution >= 4 is 15.9 Å². The van der Waals surface area contributed by atoms with Crippen LogP contribution in [0.1, 0.15) is 45.7 Å². The third-order valence-electron chi connectivity index (χ3n) is 2.54. The second-order valence-electron chi connectivity index (χ2n) is 5.63. The fourth-order valence-corrected chi connectivity index (χ4v) is 2.05. The average molecular weight is 284 g/mol. The van der Waals surface area contributed by atoms with Gasteiger partial charge in [0.25, 0.3) is 0 Å². The molecule has 1 nitrogen and oxygen atoms in total. The third kappa shape index (κ3) is 4.26. The Morgan fingerprint density at radius 3 is 2.31 bits per heavy atom. The number of benzene rings is 1. The molecule has 0 saturated carbocycles. The van der Waals surface area contributed by atoms with Gasteiger partial charge in [0.05, 0.1) is 0 Å². The van der Waals surface area contributed by atoms with Gasteiger partial charge in [-0.25, -0.2) is 0 Å². The van der Waals surface area contributed by atoms with Gasteiger partial charge < -0.3 is 5.32 Å². The zero-order chi connectivity index (χ0) is 12.3. The van der Waals surface area contributed by atoms with Gasteiger partial charge in [-0.3, -0.25) is 0 Å². The summed E-state index contributed by atoms with van der Waals surface area (Å²) < 4.78 is 1.17. The van der Waals surface area contributed by atoms with Crippen LogP contribution in [0, 0.1) is 0 Å². The van der Waals surface area contributed by atoms with Gasteiger partial charge in [-0.15, -0.1) is 0 Å². The number of halogens is 1. The summed E-state index contributed by atoms with van der Waals surface area (Å²) >= 11 is 3.58. The molecule has 2 heteroatoms. The standard InChI is InChI=1S/C14H22BrN/c1-10(2)16-9-11-6-12(14(3,4)5)8-13(15)7-11/h6-8,10,16H,9H2,1-5H3. The summed E-state index contributed by atoms with van der Waals surface area (Å²) in [5.74, 6) is 0. The lowest BCUT2D eigenvalue weighted by molar-refractivity contribution is 0.576. The SMILES string of the molecule is CC(C)NCc1cc(Br)cc(C(C)(C)C)c1. The molecule has 0 heterocycles. The highest BCUT2D eigenvalue weighted by Gasteiger charge is 2.14. The number of nitrogens with one attached hydrogen (secondary N) is 1. The van der Waals surface area contributed by atoms with Crippen LogP contribution in [-0.2, 0) is 12.0 Å². The molecule has 0 aliphatic carbocycles. The van der Waals surface area contributed by atoms with Gasteiger partial charge in [0.2, 0.25) is 0 Å². The molecule has 0 aliphatic heterocycles. The molecule has 90 valence electrons. The van der Waals surface area contributed by atoms with Crippen LogP contribution in [0.15, 0.2) is 22.7 Å². The summed E-state index contributed by atoms with van der Waals surface area (Å²) in [6.45, 7) is 12.0. The Kier molecular flexibility index (Phi) is 4.57. The molecule has 1 aromatic carbocycles. The van der Waals surface area contributed by atoms with E-state index in [9.17, 15) is 0 Å². The van der Waals surface area contributed by atoms with Crippen molar-refractivity contribution in [3.8, 4) is 0 Å². The van der Waals surface area contributed by atoms with E-state index in [0.29, 0.717) is 6.04 Å². The van der Waals surface area contributed by atoms with E-state index in [0.717, 1.165) is 6.54 Å². The molecule has 1 rings (SSSR count). The minimum atomic E-state index is 0.205. The van der Waals surface area contributed by atoms with Crippen LogP contribution < -0.4 is 5.32 Å². The third-order valence-corrected chi connectivity index (χ3v) is 3.00. The Morgan fingerprint density at radius 1 is 1.19 bits per heavy atom. The van der Waals surface area contributed by atoms with E-state index in [2.05, 4.69) is 74.1 Å². The zero-order valence-electron chi connectivity index (χ0n) is 10.9. The molecule has 16 heavy (non-hydrogen) atoms. The maximum Gasteiger partial charge on any atom is 0.0208 e. The first-order valence-corrected chi connectivity index (χ1v) is 6.61. The van der Waals surface area contributed by atoms with Crippen molar-refractivity contribution < 1.29 is 0 Å². The summed E-state index contributed by atoms with van der Waals surface area (Å²) in [7, 11) is 0. The lowest BCUT2D eigenvalue weighted by Gasteiger charge is -2.21. The maximum atomic E-state index is 3.58. The van der Waals surface area contributed by atoms with Gasteiger partial charge in [0, 0.05) is 17.1 Å². The molecule has 0 unspecified atom stereocenters. The minimum Gasteiger partial charge on any atom is -0.310 e. The monoisotopic (exact) mass is 283 g/mol. The van der Waals surface area contributed by atoms with Crippen LogP contribution >= 0.6 is 15.9 Å². The van der Waals surface area contributed by atoms with E-state index in [1.165, 1.54) is 15.6 Å². The average Bonchev–Trinajstić information content (AvgIpc) is 2.12. The highest BCUT2D eigenvalue weighted by Crippen LogP contribution is 2.26. The fourth-order valence-electron chi connectivity index (χ4n) is 1.51. The molecule has 0 amide bonds. The van der Waals surface area contributed by atoms with Crippen LogP contribution in [-0.4, -0.2) is 6.04 Å². The summed E-state index contributed by atoms with van der Waals surface area (Å²) in [6.07, 6.45) is 0. The van der Waals surface area contributed by atoms with Crippen LogP contribution in [0.2, 0.25) is 0 Å². The van der Waals surface area contributed by atoms with E-state index in [1.807, 2.05) is 0 Å². The van der Waals surface area contributed by atoms with Crippen molar-refractivity contribution in [1.29, 1.82) is 0 Å². The smallest absolute Gasteiger partial charge is 0.0208 e. The van der Waals surface area contributed by atoms with Crippen molar-refractivity contribution in [1.82, 2.24) is 5.32 Å². The van der Waals surface area contributed by atoms with Crippen molar-refractivity contribution in [2.75, 3.05) is 0 Å². The molecular weight excluding hydrogens is 262 g/mol. The van der Waals surface area contributed by atoms with Crippen molar-refractivity contribution in [2.45, 2.75) is 52.6 Å². The van der Waals surface area contributed by atoms with Crippen molar-refractivity contribution in [3.63, 3.8) is 0 Å². The molecule has 0 fully saturated rings. The molecular formula is C14H22BrN. The predicted molar refractivity (Wildman–Crippen MR) is 74.8 cm³/mol. The van der Waals surface area contributed by atoms with Crippen molar-refractivity contribution in [3.05, 3.63) is 33.8 Å². The van der Waals surface area contributed by atoms with E-state index < -0.39 is 0 Å².